The van der Waals surface area contributed by atoms with E-state index in [1.807, 2.05) is 0 Å². The van der Waals surface area contributed by atoms with Crippen LogP contribution in [0.25, 0.3) is 0 Å². The maximum atomic E-state index is 11.0. The van der Waals surface area contributed by atoms with Crippen LogP contribution < -0.4 is 5.73 Å². The minimum atomic E-state index is -0.980. The molecule has 0 saturated heterocycles. The maximum Gasteiger partial charge on any atom is 0.282 e. The fraction of sp³-hybridized carbons (Fsp3) is 0.300. The number of aliphatic hydroxyl groups is 2. The first-order valence-corrected chi connectivity index (χ1v) is 5.94. The van der Waals surface area contributed by atoms with E-state index >= 15 is 0 Å². The Kier molecular flexibility index (Phi) is 5.08. The molecule has 4 N–H and O–H groups in total. The zero-order valence-electron chi connectivity index (χ0n) is 9.28. The number of hydrogen-bond acceptors (Lipinski definition) is 6. The van der Waals surface area contributed by atoms with Gasteiger partial charge < -0.3 is 15.9 Å². The van der Waals surface area contributed by atoms with Crippen LogP contribution in [0.2, 0.25) is 0 Å². The lowest BCUT2D eigenvalue weighted by atomic mass is 10.2. The minimum Gasteiger partial charge on any atom is -0.394 e. The molecule has 0 fully saturated rings. The molecule has 0 aromatic heterocycles. The number of nitrogens with two attached hydrogens (primary N) is 1. The third kappa shape index (κ3) is 3.69. The third-order valence-corrected chi connectivity index (χ3v) is 3.27. The van der Waals surface area contributed by atoms with E-state index in [2.05, 4.69) is 0 Å². The van der Waals surface area contributed by atoms with E-state index in [4.69, 9.17) is 10.8 Å². The molecule has 8 heteroatoms. The van der Waals surface area contributed by atoms with Crippen LogP contribution in [0.15, 0.2) is 23.1 Å². The van der Waals surface area contributed by atoms with Gasteiger partial charge in [0.15, 0.2) is 0 Å². The molecule has 18 heavy (non-hydrogen) atoms. The van der Waals surface area contributed by atoms with Crippen molar-refractivity contribution >= 4 is 23.4 Å². The Balaban J connectivity index is 3.00. The number of rotatable bonds is 6. The minimum absolute atomic E-state index is 0.0829. The molecule has 0 bridgehead atoms. The second-order valence-corrected chi connectivity index (χ2v) is 4.51. The summed E-state index contributed by atoms with van der Waals surface area (Å²) in [6, 6.07) is 3.76. The second kappa shape index (κ2) is 6.34. The third-order valence-electron chi connectivity index (χ3n) is 2.08. The number of benzene rings is 1. The summed E-state index contributed by atoms with van der Waals surface area (Å²) in [5, 5.41) is 28.6. The van der Waals surface area contributed by atoms with Crippen LogP contribution in [-0.4, -0.2) is 39.5 Å². The van der Waals surface area contributed by atoms with E-state index in [0.717, 1.165) is 11.8 Å². The van der Waals surface area contributed by atoms with Gasteiger partial charge >= 0.3 is 0 Å². The molecule has 0 spiro atoms. The summed E-state index contributed by atoms with van der Waals surface area (Å²) >= 11 is 0.980. The van der Waals surface area contributed by atoms with Gasteiger partial charge in [-0.15, -0.1) is 11.8 Å². The maximum absolute atomic E-state index is 11.0. The molecular formula is C10H12N2O5S. The number of thioether (sulfide) groups is 1. The molecule has 0 aliphatic rings. The standard InChI is InChI=1S/C10H12N2O5S/c11-10(15)6-1-2-8(12(16)17)9(3-6)18-5-7(14)4-13/h1-3,7,13-14H,4-5H2,(H2,11,15). The highest BCUT2D eigenvalue weighted by molar-refractivity contribution is 7.99. The number of nitro benzene ring substituents is 1. The quantitative estimate of drug-likeness (QED) is 0.384. The number of amides is 1. The molecule has 1 rings (SSSR count). The molecule has 98 valence electrons. The molecule has 1 unspecified atom stereocenters. The first-order chi connectivity index (χ1) is 8.45. The largest absolute Gasteiger partial charge is 0.394 e. The van der Waals surface area contributed by atoms with Crippen LogP contribution in [0, 0.1) is 10.1 Å². The first-order valence-electron chi connectivity index (χ1n) is 4.95. The lowest BCUT2D eigenvalue weighted by Gasteiger charge is -2.07. The zero-order chi connectivity index (χ0) is 13.7. The molecule has 0 heterocycles. The van der Waals surface area contributed by atoms with Crippen LogP contribution in [0.5, 0.6) is 0 Å². The van der Waals surface area contributed by atoms with Crippen LogP contribution in [-0.2, 0) is 0 Å². The van der Waals surface area contributed by atoms with Crippen LogP contribution in [0.4, 0.5) is 5.69 Å². The van der Waals surface area contributed by atoms with E-state index in [0.29, 0.717) is 0 Å². The lowest BCUT2D eigenvalue weighted by molar-refractivity contribution is -0.387. The van der Waals surface area contributed by atoms with E-state index in [1.54, 1.807) is 0 Å². The zero-order valence-corrected chi connectivity index (χ0v) is 10.1. The summed E-state index contributed by atoms with van der Waals surface area (Å²) in [5.74, 6) is -0.603. The Hall–Kier alpha value is -1.64. The van der Waals surface area contributed by atoms with E-state index < -0.39 is 23.5 Å². The number of carbonyl (C=O) groups excluding carboxylic acids is 1. The highest BCUT2D eigenvalue weighted by Gasteiger charge is 2.17. The summed E-state index contributed by atoms with van der Waals surface area (Å²) in [6.07, 6.45) is -0.980. The Bertz CT molecular complexity index is 466. The fourth-order valence-corrected chi connectivity index (χ4v) is 2.15. The van der Waals surface area contributed by atoms with Crippen LogP contribution >= 0.6 is 11.8 Å². The molecule has 0 radical (unpaired) electrons. The monoisotopic (exact) mass is 272 g/mol. The number of primary amides is 1. The van der Waals surface area contributed by atoms with Crippen molar-refractivity contribution in [1.29, 1.82) is 0 Å². The van der Waals surface area contributed by atoms with Crippen LogP contribution in [0.1, 0.15) is 10.4 Å². The number of carbonyl (C=O) groups is 1. The molecule has 7 nitrogen and oxygen atoms in total. The summed E-state index contributed by atoms with van der Waals surface area (Å²) in [5.41, 5.74) is 5.07. The van der Waals surface area contributed by atoms with Crippen molar-refractivity contribution in [2.45, 2.75) is 11.0 Å². The van der Waals surface area contributed by atoms with Gasteiger partial charge in [0.25, 0.3) is 5.69 Å². The van der Waals surface area contributed by atoms with Crippen molar-refractivity contribution in [1.82, 2.24) is 0 Å². The molecule has 0 aliphatic carbocycles. The van der Waals surface area contributed by atoms with Gasteiger partial charge in [-0.2, -0.15) is 0 Å². The summed E-state index contributed by atoms with van der Waals surface area (Å²) < 4.78 is 0. The predicted molar refractivity (Wildman–Crippen MR) is 65.4 cm³/mol. The highest BCUT2D eigenvalue weighted by atomic mass is 32.2. The van der Waals surface area contributed by atoms with Gasteiger partial charge in [0.05, 0.1) is 22.5 Å². The van der Waals surface area contributed by atoms with Crippen molar-refractivity contribution in [3.8, 4) is 0 Å². The SMILES string of the molecule is NC(=O)c1ccc([N+](=O)[O-])c(SCC(O)CO)c1. The fourth-order valence-electron chi connectivity index (χ4n) is 1.17. The first kappa shape index (κ1) is 14.4. The molecule has 1 aromatic rings. The average molecular weight is 272 g/mol. The molecular weight excluding hydrogens is 260 g/mol. The number of nitro groups is 1. The lowest BCUT2D eigenvalue weighted by Crippen LogP contribution is -2.15. The number of nitrogens with zero attached hydrogens (tertiary/aromatic N) is 1. The summed E-state index contributed by atoms with van der Waals surface area (Å²) in [4.78, 5) is 21.4. The van der Waals surface area contributed by atoms with E-state index in [-0.39, 0.29) is 21.9 Å². The molecule has 1 amide bonds. The van der Waals surface area contributed by atoms with Crippen molar-refractivity contribution in [2.75, 3.05) is 12.4 Å². The highest BCUT2D eigenvalue weighted by Crippen LogP contribution is 2.30. The van der Waals surface area contributed by atoms with Gasteiger partial charge in [-0.25, -0.2) is 0 Å². The van der Waals surface area contributed by atoms with Gasteiger partial charge in [0.1, 0.15) is 0 Å². The normalized spacial score (nSPS) is 12.1. The van der Waals surface area contributed by atoms with Crippen molar-refractivity contribution in [3.05, 3.63) is 33.9 Å². The Morgan fingerprint density at radius 3 is 2.72 bits per heavy atom. The van der Waals surface area contributed by atoms with Crippen molar-refractivity contribution in [2.24, 2.45) is 5.73 Å². The Morgan fingerprint density at radius 1 is 1.56 bits per heavy atom. The van der Waals surface area contributed by atoms with Gasteiger partial charge in [-0.1, -0.05) is 0 Å². The van der Waals surface area contributed by atoms with Gasteiger partial charge in [0.2, 0.25) is 5.91 Å². The number of aliphatic hydroxyl groups excluding tert-OH is 2. The van der Waals surface area contributed by atoms with E-state index in [1.165, 1.54) is 18.2 Å². The topological polar surface area (TPSA) is 127 Å². The molecule has 1 atom stereocenters. The van der Waals surface area contributed by atoms with Crippen molar-refractivity contribution < 1.29 is 19.9 Å². The Morgan fingerprint density at radius 2 is 2.22 bits per heavy atom. The van der Waals surface area contributed by atoms with E-state index in [9.17, 15) is 20.0 Å². The van der Waals surface area contributed by atoms with Gasteiger partial charge in [-0.05, 0) is 12.1 Å². The molecule has 0 aliphatic heterocycles. The van der Waals surface area contributed by atoms with Gasteiger partial charge in [0, 0.05) is 17.4 Å². The number of hydrogen-bond donors (Lipinski definition) is 3. The predicted octanol–water partition coefficient (Wildman–Crippen LogP) is 0.139. The molecule has 0 saturated carbocycles. The van der Waals surface area contributed by atoms with Crippen molar-refractivity contribution in [3.63, 3.8) is 0 Å². The summed E-state index contributed by atoms with van der Waals surface area (Å²) in [7, 11) is 0. The molecule has 1 aromatic carbocycles. The Labute approximate surface area is 107 Å². The average Bonchev–Trinajstić information content (AvgIpc) is 2.35. The second-order valence-electron chi connectivity index (χ2n) is 3.45. The summed E-state index contributed by atoms with van der Waals surface area (Å²) in [6.45, 7) is -0.434. The van der Waals surface area contributed by atoms with Gasteiger partial charge in [-0.3, -0.25) is 14.9 Å². The van der Waals surface area contributed by atoms with Crippen LogP contribution in [0.3, 0.4) is 0 Å². The smallest absolute Gasteiger partial charge is 0.282 e.